The van der Waals surface area contributed by atoms with Gasteiger partial charge in [0.15, 0.2) is 5.82 Å². The lowest BCUT2D eigenvalue weighted by molar-refractivity contribution is -0.143. The lowest BCUT2D eigenvalue weighted by atomic mass is 10.2. The summed E-state index contributed by atoms with van der Waals surface area (Å²) in [4.78, 5) is 15.3. The topological polar surface area (TPSA) is 65.2 Å². The van der Waals surface area contributed by atoms with Gasteiger partial charge in [0.2, 0.25) is 5.89 Å². The number of aromatic nitrogens is 2. The molecule has 6 heteroatoms. The predicted octanol–water partition coefficient (Wildman–Crippen LogP) is 1.67. The van der Waals surface area contributed by atoms with Gasteiger partial charge in [0.1, 0.15) is 0 Å². The predicted molar refractivity (Wildman–Crippen MR) is 61.0 cm³/mol. The molecule has 0 saturated carbocycles. The van der Waals surface area contributed by atoms with Gasteiger partial charge in [0, 0.05) is 12.2 Å². The van der Waals surface area contributed by atoms with Crippen LogP contribution < -0.4 is 0 Å². The van der Waals surface area contributed by atoms with Crippen LogP contribution in [0, 0.1) is 5.92 Å². The fourth-order valence-electron chi connectivity index (χ4n) is 1.09. The molecular weight excluding hydrogens is 228 g/mol. The molecule has 1 heterocycles. The highest BCUT2D eigenvalue weighted by molar-refractivity contribution is 7.98. The Hall–Kier alpha value is -1.04. The zero-order chi connectivity index (χ0) is 12.0. The van der Waals surface area contributed by atoms with Crippen molar-refractivity contribution in [2.45, 2.75) is 26.0 Å². The number of hydrogen-bond donors (Lipinski definition) is 0. The van der Waals surface area contributed by atoms with Gasteiger partial charge in [-0.15, -0.1) is 0 Å². The van der Waals surface area contributed by atoms with Crippen LogP contribution in [0.25, 0.3) is 0 Å². The number of rotatable bonds is 6. The summed E-state index contributed by atoms with van der Waals surface area (Å²) in [7, 11) is 1.40. The van der Waals surface area contributed by atoms with Crippen molar-refractivity contribution in [1.29, 1.82) is 0 Å². The summed E-state index contributed by atoms with van der Waals surface area (Å²) in [6.45, 7) is 3.80. The fraction of sp³-hybridized carbons (Fsp3) is 0.700. The molecule has 1 aromatic heterocycles. The standard InChI is InChI=1S/C10H16N2O3S/c1-4-9-11-8(12-15-9)6-16-5-7(2)10(13)14-3/h7H,4-6H2,1-3H3. The molecule has 0 saturated heterocycles. The number of carbonyl (C=O) groups is 1. The van der Waals surface area contributed by atoms with Gasteiger partial charge < -0.3 is 9.26 Å². The summed E-state index contributed by atoms with van der Waals surface area (Å²) >= 11 is 1.60. The Bertz CT molecular complexity index is 341. The first-order chi connectivity index (χ1) is 7.67. The Balaban J connectivity index is 2.27. The highest BCUT2D eigenvalue weighted by Gasteiger charge is 2.13. The number of hydrogen-bond acceptors (Lipinski definition) is 6. The van der Waals surface area contributed by atoms with E-state index in [1.165, 1.54) is 7.11 Å². The molecule has 5 nitrogen and oxygen atoms in total. The van der Waals surface area contributed by atoms with Gasteiger partial charge >= 0.3 is 5.97 Å². The van der Waals surface area contributed by atoms with Crippen LogP contribution in [0.3, 0.4) is 0 Å². The van der Waals surface area contributed by atoms with Crippen LogP contribution in [0.4, 0.5) is 0 Å². The third-order valence-electron chi connectivity index (χ3n) is 2.02. The number of carbonyl (C=O) groups excluding carboxylic acids is 1. The Kier molecular flexibility index (Phi) is 5.31. The van der Waals surface area contributed by atoms with E-state index in [0.717, 1.165) is 6.42 Å². The normalized spacial score (nSPS) is 12.4. The minimum Gasteiger partial charge on any atom is -0.469 e. The molecule has 0 aliphatic carbocycles. The second kappa shape index (κ2) is 6.52. The average Bonchev–Trinajstić information content (AvgIpc) is 2.75. The van der Waals surface area contributed by atoms with E-state index in [9.17, 15) is 4.79 Å². The molecule has 0 fully saturated rings. The average molecular weight is 244 g/mol. The van der Waals surface area contributed by atoms with E-state index in [1.54, 1.807) is 11.8 Å². The first-order valence-electron chi connectivity index (χ1n) is 5.14. The molecular formula is C10H16N2O3S. The highest BCUT2D eigenvalue weighted by atomic mass is 32.2. The van der Waals surface area contributed by atoms with Gasteiger partial charge in [-0.3, -0.25) is 4.79 Å². The summed E-state index contributed by atoms with van der Waals surface area (Å²) < 4.78 is 9.61. The first-order valence-corrected chi connectivity index (χ1v) is 6.29. The summed E-state index contributed by atoms with van der Waals surface area (Å²) in [6.07, 6.45) is 0.746. The van der Waals surface area contributed by atoms with Gasteiger partial charge in [0.25, 0.3) is 0 Å². The van der Waals surface area contributed by atoms with Gasteiger partial charge in [-0.05, 0) is 0 Å². The largest absolute Gasteiger partial charge is 0.469 e. The molecule has 0 aliphatic heterocycles. The molecule has 0 aliphatic rings. The molecule has 0 bridgehead atoms. The maximum atomic E-state index is 11.1. The van der Waals surface area contributed by atoms with Crippen LogP contribution in [-0.2, 0) is 21.7 Å². The van der Waals surface area contributed by atoms with Crippen molar-refractivity contribution < 1.29 is 14.1 Å². The lowest BCUT2D eigenvalue weighted by Gasteiger charge is -2.06. The summed E-state index contributed by atoms with van der Waals surface area (Å²) in [6, 6.07) is 0. The number of nitrogens with zero attached hydrogens (tertiary/aromatic N) is 2. The molecule has 0 N–H and O–H groups in total. The third-order valence-corrected chi connectivity index (χ3v) is 3.21. The maximum Gasteiger partial charge on any atom is 0.309 e. The lowest BCUT2D eigenvalue weighted by Crippen LogP contribution is -2.14. The Morgan fingerprint density at radius 3 is 2.94 bits per heavy atom. The van der Waals surface area contributed by atoms with Crippen LogP contribution in [0.2, 0.25) is 0 Å². The monoisotopic (exact) mass is 244 g/mol. The molecule has 0 amide bonds. The van der Waals surface area contributed by atoms with Crippen molar-refractivity contribution in [2.75, 3.05) is 12.9 Å². The van der Waals surface area contributed by atoms with Crippen LogP contribution >= 0.6 is 11.8 Å². The third kappa shape index (κ3) is 3.84. The van der Waals surface area contributed by atoms with Gasteiger partial charge in [-0.25, -0.2) is 0 Å². The van der Waals surface area contributed by atoms with Gasteiger partial charge in [0.05, 0.1) is 18.8 Å². The summed E-state index contributed by atoms with van der Waals surface area (Å²) in [5.41, 5.74) is 0. The molecule has 16 heavy (non-hydrogen) atoms. The number of aryl methyl sites for hydroxylation is 1. The minimum absolute atomic E-state index is 0.104. The van der Waals surface area contributed by atoms with Crippen LogP contribution in [-0.4, -0.2) is 29.0 Å². The van der Waals surface area contributed by atoms with Crippen molar-refractivity contribution in [3.8, 4) is 0 Å². The number of methoxy groups -OCH3 is 1. The van der Waals surface area contributed by atoms with Crippen molar-refractivity contribution in [1.82, 2.24) is 10.1 Å². The quantitative estimate of drug-likeness (QED) is 0.709. The van der Waals surface area contributed by atoms with E-state index in [2.05, 4.69) is 14.9 Å². The number of ether oxygens (including phenoxy) is 1. The van der Waals surface area contributed by atoms with E-state index >= 15 is 0 Å². The van der Waals surface area contributed by atoms with Crippen LogP contribution in [0.15, 0.2) is 4.52 Å². The van der Waals surface area contributed by atoms with Crippen molar-refractivity contribution in [2.24, 2.45) is 5.92 Å². The highest BCUT2D eigenvalue weighted by Crippen LogP contribution is 2.14. The van der Waals surface area contributed by atoms with Crippen molar-refractivity contribution in [3.05, 3.63) is 11.7 Å². The second-order valence-corrected chi connectivity index (χ2v) is 4.43. The van der Waals surface area contributed by atoms with E-state index < -0.39 is 0 Å². The Labute approximate surface area is 98.9 Å². The van der Waals surface area contributed by atoms with Gasteiger partial charge in [-0.1, -0.05) is 19.0 Å². The van der Waals surface area contributed by atoms with E-state index in [1.807, 2.05) is 13.8 Å². The number of esters is 1. The van der Waals surface area contributed by atoms with Crippen LogP contribution in [0.1, 0.15) is 25.6 Å². The van der Waals surface area contributed by atoms with Gasteiger partial charge in [-0.2, -0.15) is 16.7 Å². The minimum atomic E-state index is -0.185. The van der Waals surface area contributed by atoms with E-state index in [4.69, 9.17) is 4.52 Å². The van der Waals surface area contributed by atoms with E-state index in [-0.39, 0.29) is 11.9 Å². The smallest absolute Gasteiger partial charge is 0.309 e. The second-order valence-electron chi connectivity index (χ2n) is 3.40. The summed E-state index contributed by atoms with van der Waals surface area (Å²) in [5.74, 6) is 2.39. The molecule has 1 unspecified atom stereocenters. The molecule has 0 aromatic carbocycles. The molecule has 1 aromatic rings. The Morgan fingerprint density at radius 2 is 2.38 bits per heavy atom. The fourth-order valence-corrected chi connectivity index (χ4v) is 2.00. The molecule has 0 radical (unpaired) electrons. The van der Waals surface area contributed by atoms with E-state index in [0.29, 0.717) is 23.2 Å². The van der Waals surface area contributed by atoms with Crippen molar-refractivity contribution >= 4 is 17.7 Å². The first kappa shape index (κ1) is 13.0. The zero-order valence-electron chi connectivity index (χ0n) is 9.73. The van der Waals surface area contributed by atoms with Crippen molar-refractivity contribution in [3.63, 3.8) is 0 Å². The number of thioether (sulfide) groups is 1. The Morgan fingerprint density at radius 1 is 1.62 bits per heavy atom. The molecule has 0 spiro atoms. The molecule has 1 atom stereocenters. The summed E-state index contributed by atoms with van der Waals surface area (Å²) in [5, 5.41) is 3.83. The maximum absolute atomic E-state index is 11.1. The SMILES string of the molecule is CCc1nc(CSCC(C)C(=O)OC)no1. The molecule has 90 valence electrons. The van der Waals surface area contributed by atoms with Crippen LogP contribution in [0.5, 0.6) is 0 Å². The molecule has 1 rings (SSSR count). The zero-order valence-corrected chi connectivity index (χ0v) is 10.5.